The Balaban J connectivity index is 2.52. The Bertz CT molecular complexity index is 581. The van der Waals surface area contributed by atoms with Crippen LogP contribution in [0.1, 0.15) is 37.0 Å². The molecule has 0 aliphatic carbocycles. The Labute approximate surface area is 106 Å². The zero-order valence-electron chi connectivity index (χ0n) is 11.1. The Hall–Kier alpha value is -1.91. The standard InChI is InChI=1S/C13H17N3O2/c1-13(2,3)8-10-14-15-11-9(12(17)18-4)6-5-7-16(10)11/h5-7H,8H2,1-4H3. The quantitative estimate of drug-likeness (QED) is 0.763. The second-order valence-corrected chi connectivity index (χ2v) is 5.46. The normalized spacial score (nSPS) is 11.8. The highest BCUT2D eigenvalue weighted by atomic mass is 16.5. The monoisotopic (exact) mass is 247 g/mol. The maximum absolute atomic E-state index is 11.6. The van der Waals surface area contributed by atoms with Gasteiger partial charge in [0, 0.05) is 12.6 Å². The van der Waals surface area contributed by atoms with Crippen LogP contribution in [0.25, 0.3) is 5.65 Å². The number of carbonyl (C=O) groups is 1. The predicted octanol–water partition coefficient (Wildman–Crippen LogP) is 2.10. The summed E-state index contributed by atoms with van der Waals surface area (Å²) in [6.07, 6.45) is 2.65. The van der Waals surface area contributed by atoms with Crippen molar-refractivity contribution in [2.24, 2.45) is 5.41 Å². The summed E-state index contributed by atoms with van der Waals surface area (Å²) >= 11 is 0. The summed E-state index contributed by atoms with van der Waals surface area (Å²) in [4.78, 5) is 11.6. The van der Waals surface area contributed by atoms with Crippen molar-refractivity contribution in [3.63, 3.8) is 0 Å². The van der Waals surface area contributed by atoms with Crippen LogP contribution in [0, 0.1) is 5.41 Å². The van der Waals surface area contributed by atoms with Crippen LogP contribution < -0.4 is 0 Å². The molecule has 0 saturated carbocycles. The first-order valence-electron chi connectivity index (χ1n) is 5.83. The Morgan fingerprint density at radius 2 is 2.11 bits per heavy atom. The van der Waals surface area contributed by atoms with E-state index in [1.54, 1.807) is 12.1 Å². The van der Waals surface area contributed by atoms with Gasteiger partial charge in [-0.25, -0.2) is 4.79 Å². The van der Waals surface area contributed by atoms with Crippen LogP contribution in [0.2, 0.25) is 0 Å². The van der Waals surface area contributed by atoms with Crippen molar-refractivity contribution in [2.45, 2.75) is 27.2 Å². The van der Waals surface area contributed by atoms with E-state index in [0.717, 1.165) is 12.2 Å². The molecule has 0 aromatic carbocycles. The maximum atomic E-state index is 11.6. The lowest BCUT2D eigenvalue weighted by molar-refractivity contribution is 0.0602. The van der Waals surface area contributed by atoms with E-state index in [0.29, 0.717) is 11.2 Å². The lowest BCUT2D eigenvalue weighted by atomic mass is 9.92. The lowest BCUT2D eigenvalue weighted by Crippen LogP contribution is -2.12. The van der Waals surface area contributed by atoms with E-state index >= 15 is 0 Å². The number of pyridine rings is 1. The number of ether oxygens (including phenoxy) is 1. The van der Waals surface area contributed by atoms with Gasteiger partial charge in [-0.2, -0.15) is 0 Å². The molecule has 0 N–H and O–H groups in total. The number of rotatable bonds is 2. The van der Waals surface area contributed by atoms with E-state index in [9.17, 15) is 4.79 Å². The third-order valence-electron chi connectivity index (χ3n) is 2.60. The third kappa shape index (κ3) is 2.34. The lowest BCUT2D eigenvalue weighted by Gasteiger charge is -2.16. The van der Waals surface area contributed by atoms with E-state index in [2.05, 4.69) is 31.0 Å². The molecule has 0 bridgehead atoms. The number of hydrogen-bond donors (Lipinski definition) is 0. The summed E-state index contributed by atoms with van der Waals surface area (Å²) in [5.74, 6) is 0.457. The van der Waals surface area contributed by atoms with Gasteiger partial charge >= 0.3 is 5.97 Å². The van der Waals surface area contributed by atoms with Crippen molar-refractivity contribution in [1.29, 1.82) is 0 Å². The van der Waals surface area contributed by atoms with Crippen molar-refractivity contribution in [1.82, 2.24) is 14.6 Å². The van der Waals surface area contributed by atoms with Crippen molar-refractivity contribution < 1.29 is 9.53 Å². The molecule has 0 amide bonds. The topological polar surface area (TPSA) is 56.5 Å². The number of hydrogen-bond acceptors (Lipinski definition) is 4. The molecule has 0 saturated heterocycles. The predicted molar refractivity (Wildman–Crippen MR) is 67.5 cm³/mol. The molecule has 2 aromatic heterocycles. The highest BCUT2D eigenvalue weighted by Crippen LogP contribution is 2.20. The summed E-state index contributed by atoms with van der Waals surface area (Å²) in [6, 6.07) is 3.49. The molecule has 0 fully saturated rings. The molecule has 0 aliphatic rings. The summed E-state index contributed by atoms with van der Waals surface area (Å²) < 4.78 is 6.58. The second-order valence-electron chi connectivity index (χ2n) is 5.46. The van der Waals surface area contributed by atoms with Crippen LogP contribution in [-0.4, -0.2) is 27.7 Å². The van der Waals surface area contributed by atoms with Crippen molar-refractivity contribution in [3.8, 4) is 0 Å². The number of carbonyl (C=O) groups excluding carboxylic acids is 1. The molecule has 2 rings (SSSR count). The van der Waals surface area contributed by atoms with Gasteiger partial charge in [0.1, 0.15) is 11.4 Å². The van der Waals surface area contributed by atoms with Crippen molar-refractivity contribution in [3.05, 3.63) is 29.7 Å². The molecule has 18 heavy (non-hydrogen) atoms. The first-order valence-corrected chi connectivity index (χ1v) is 5.83. The highest BCUT2D eigenvalue weighted by Gasteiger charge is 2.19. The second kappa shape index (κ2) is 4.40. The zero-order chi connectivity index (χ0) is 13.3. The Morgan fingerprint density at radius 1 is 1.39 bits per heavy atom. The average molecular weight is 247 g/mol. The smallest absolute Gasteiger partial charge is 0.341 e. The van der Waals surface area contributed by atoms with Crippen molar-refractivity contribution >= 4 is 11.6 Å². The SMILES string of the molecule is COC(=O)c1cccn2c(CC(C)(C)C)nnc12. The van der Waals surface area contributed by atoms with Crippen LogP contribution in [0.5, 0.6) is 0 Å². The minimum absolute atomic E-state index is 0.115. The van der Waals surface area contributed by atoms with Crippen molar-refractivity contribution in [2.75, 3.05) is 7.11 Å². The van der Waals surface area contributed by atoms with E-state index in [1.165, 1.54) is 7.11 Å². The fourth-order valence-electron chi connectivity index (χ4n) is 1.83. The zero-order valence-corrected chi connectivity index (χ0v) is 11.1. The summed E-state index contributed by atoms with van der Waals surface area (Å²) in [5, 5.41) is 8.25. The number of fused-ring (bicyclic) bond motifs is 1. The minimum Gasteiger partial charge on any atom is -0.465 e. The molecule has 0 spiro atoms. The van der Waals surface area contributed by atoms with E-state index in [-0.39, 0.29) is 5.41 Å². The fourth-order valence-corrected chi connectivity index (χ4v) is 1.83. The number of aromatic nitrogens is 3. The van der Waals surface area contributed by atoms with Gasteiger partial charge in [-0.15, -0.1) is 10.2 Å². The van der Waals surface area contributed by atoms with Gasteiger partial charge in [0.25, 0.3) is 0 Å². The van der Waals surface area contributed by atoms with Gasteiger partial charge in [-0.05, 0) is 17.5 Å². The fraction of sp³-hybridized carbons (Fsp3) is 0.462. The van der Waals surface area contributed by atoms with Crippen LogP contribution in [-0.2, 0) is 11.2 Å². The molecule has 2 heterocycles. The highest BCUT2D eigenvalue weighted by molar-refractivity contribution is 5.95. The maximum Gasteiger partial charge on any atom is 0.341 e. The van der Waals surface area contributed by atoms with Gasteiger partial charge in [0.2, 0.25) is 0 Å². The number of nitrogens with zero attached hydrogens (tertiary/aromatic N) is 3. The molecule has 0 unspecified atom stereocenters. The molecule has 2 aromatic rings. The van der Waals surface area contributed by atoms with Gasteiger partial charge in [0.15, 0.2) is 5.65 Å². The largest absolute Gasteiger partial charge is 0.465 e. The average Bonchev–Trinajstić information content (AvgIpc) is 2.69. The van der Waals surface area contributed by atoms with Gasteiger partial charge in [-0.3, -0.25) is 4.40 Å². The number of methoxy groups -OCH3 is 1. The number of esters is 1. The summed E-state index contributed by atoms with van der Waals surface area (Å²) in [5.41, 5.74) is 1.10. The summed E-state index contributed by atoms with van der Waals surface area (Å²) in [6.45, 7) is 6.41. The molecule has 5 heteroatoms. The van der Waals surface area contributed by atoms with Crippen LogP contribution in [0.4, 0.5) is 0 Å². The van der Waals surface area contributed by atoms with E-state index in [4.69, 9.17) is 4.74 Å². The molecular weight excluding hydrogens is 230 g/mol. The van der Waals surface area contributed by atoms with Gasteiger partial charge < -0.3 is 4.74 Å². The van der Waals surface area contributed by atoms with E-state index in [1.807, 2.05) is 10.6 Å². The summed E-state index contributed by atoms with van der Waals surface area (Å²) in [7, 11) is 1.36. The molecular formula is C13H17N3O2. The van der Waals surface area contributed by atoms with Gasteiger partial charge in [0.05, 0.1) is 7.11 Å². The van der Waals surface area contributed by atoms with Crippen LogP contribution in [0.3, 0.4) is 0 Å². The molecule has 0 radical (unpaired) electrons. The molecule has 0 aliphatic heterocycles. The molecule has 5 nitrogen and oxygen atoms in total. The Kier molecular flexibility index (Phi) is 3.07. The van der Waals surface area contributed by atoms with Gasteiger partial charge in [-0.1, -0.05) is 20.8 Å². The Morgan fingerprint density at radius 3 is 2.72 bits per heavy atom. The molecule has 0 atom stereocenters. The van der Waals surface area contributed by atoms with Crippen LogP contribution in [0.15, 0.2) is 18.3 Å². The molecule has 96 valence electrons. The third-order valence-corrected chi connectivity index (χ3v) is 2.60. The van der Waals surface area contributed by atoms with E-state index < -0.39 is 5.97 Å². The minimum atomic E-state index is -0.393. The first-order chi connectivity index (χ1) is 8.42. The van der Waals surface area contributed by atoms with Crippen LogP contribution >= 0.6 is 0 Å². The first kappa shape index (κ1) is 12.5.